The molecule has 0 aromatic heterocycles. The lowest BCUT2D eigenvalue weighted by molar-refractivity contribution is -0.127. The Bertz CT molecular complexity index is 231. The van der Waals surface area contributed by atoms with E-state index in [2.05, 4.69) is 26.1 Å². The number of hydrogen-bond acceptors (Lipinski definition) is 2. The summed E-state index contributed by atoms with van der Waals surface area (Å²) in [7, 11) is 0. The maximum Gasteiger partial charge on any atom is 0.223 e. The third-order valence-electron chi connectivity index (χ3n) is 3.43. The van der Waals surface area contributed by atoms with E-state index in [1.165, 1.54) is 0 Å². The summed E-state index contributed by atoms with van der Waals surface area (Å²) in [4.78, 5) is 12.0. The van der Waals surface area contributed by atoms with Crippen molar-refractivity contribution in [2.24, 2.45) is 11.7 Å². The summed E-state index contributed by atoms with van der Waals surface area (Å²) >= 11 is 0. The van der Waals surface area contributed by atoms with Gasteiger partial charge in [0, 0.05) is 17.5 Å². The van der Waals surface area contributed by atoms with Gasteiger partial charge < -0.3 is 11.1 Å². The first kappa shape index (κ1) is 15.7. The van der Waals surface area contributed by atoms with Crippen molar-refractivity contribution >= 4 is 18.3 Å². The smallest absolute Gasteiger partial charge is 0.223 e. The van der Waals surface area contributed by atoms with Crippen LogP contribution in [0.4, 0.5) is 0 Å². The number of nitrogens with two attached hydrogens (primary N) is 1. The fourth-order valence-corrected chi connectivity index (χ4v) is 1.99. The van der Waals surface area contributed by atoms with E-state index in [4.69, 9.17) is 5.73 Å². The predicted octanol–water partition coefficient (Wildman–Crippen LogP) is 2.23. The van der Waals surface area contributed by atoms with Crippen LogP contribution in [0.5, 0.6) is 0 Å². The molecule has 2 atom stereocenters. The summed E-state index contributed by atoms with van der Waals surface area (Å²) in [6.07, 6.45) is 4.97. The summed E-state index contributed by atoms with van der Waals surface area (Å²) in [5, 5.41) is 3.10. The first-order chi connectivity index (χ1) is 6.94. The SMILES string of the molecule is CCC(C)(C)NC(=O)C1CCCC(N)C1.Cl. The molecule has 0 aromatic rings. The molecule has 1 aliphatic rings. The maximum atomic E-state index is 12.0. The highest BCUT2D eigenvalue weighted by atomic mass is 35.5. The molecule has 16 heavy (non-hydrogen) atoms. The molecule has 0 heterocycles. The molecule has 0 aromatic carbocycles. The molecule has 3 N–H and O–H groups in total. The Kier molecular flexibility index (Phi) is 6.34. The quantitative estimate of drug-likeness (QED) is 0.805. The minimum atomic E-state index is -0.0847. The van der Waals surface area contributed by atoms with Crippen molar-refractivity contribution < 1.29 is 4.79 Å². The van der Waals surface area contributed by atoms with Crippen molar-refractivity contribution in [1.82, 2.24) is 5.32 Å². The van der Waals surface area contributed by atoms with Gasteiger partial charge in [0.25, 0.3) is 0 Å². The first-order valence-electron chi connectivity index (χ1n) is 6.02. The molecular weight excluding hydrogens is 224 g/mol. The molecule has 0 bridgehead atoms. The van der Waals surface area contributed by atoms with E-state index < -0.39 is 0 Å². The van der Waals surface area contributed by atoms with Crippen molar-refractivity contribution in [2.45, 2.75) is 64.5 Å². The second kappa shape index (κ2) is 6.45. The normalized spacial score (nSPS) is 25.8. The highest BCUT2D eigenvalue weighted by Gasteiger charge is 2.28. The van der Waals surface area contributed by atoms with Crippen LogP contribution in [-0.4, -0.2) is 17.5 Å². The van der Waals surface area contributed by atoms with Gasteiger partial charge >= 0.3 is 0 Å². The van der Waals surface area contributed by atoms with Crippen LogP contribution in [0, 0.1) is 5.92 Å². The van der Waals surface area contributed by atoms with Crippen LogP contribution in [-0.2, 0) is 4.79 Å². The highest BCUT2D eigenvalue weighted by Crippen LogP contribution is 2.24. The molecule has 1 amide bonds. The molecule has 0 radical (unpaired) electrons. The average molecular weight is 249 g/mol. The minimum absolute atomic E-state index is 0. The van der Waals surface area contributed by atoms with Crippen molar-refractivity contribution in [3.05, 3.63) is 0 Å². The predicted molar refractivity (Wildman–Crippen MR) is 69.7 cm³/mol. The molecule has 0 aliphatic heterocycles. The van der Waals surface area contributed by atoms with E-state index in [0.717, 1.165) is 32.1 Å². The van der Waals surface area contributed by atoms with Gasteiger partial charge in [-0.15, -0.1) is 12.4 Å². The fourth-order valence-electron chi connectivity index (χ4n) is 1.99. The van der Waals surface area contributed by atoms with Gasteiger partial charge in [0.05, 0.1) is 0 Å². The largest absolute Gasteiger partial charge is 0.351 e. The topological polar surface area (TPSA) is 55.1 Å². The van der Waals surface area contributed by atoms with Crippen LogP contribution in [0.2, 0.25) is 0 Å². The second-order valence-corrected chi connectivity index (χ2v) is 5.35. The van der Waals surface area contributed by atoms with Gasteiger partial charge in [0.15, 0.2) is 0 Å². The summed E-state index contributed by atoms with van der Waals surface area (Å²) in [6, 6.07) is 0.222. The van der Waals surface area contributed by atoms with Crippen molar-refractivity contribution in [1.29, 1.82) is 0 Å². The zero-order chi connectivity index (χ0) is 11.5. The van der Waals surface area contributed by atoms with Gasteiger partial charge in [0.2, 0.25) is 5.91 Å². The number of carbonyl (C=O) groups excluding carboxylic acids is 1. The summed E-state index contributed by atoms with van der Waals surface area (Å²) < 4.78 is 0. The Balaban J connectivity index is 0.00000225. The van der Waals surface area contributed by atoms with Gasteiger partial charge in [-0.3, -0.25) is 4.79 Å². The average Bonchev–Trinajstić information content (AvgIpc) is 2.17. The van der Waals surface area contributed by atoms with E-state index in [1.54, 1.807) is 0 Å². The molecule has 1 fully saturated rings. The van der Waals surface area contributed by atoms with Gasteiger partial charge in [-0.2, -0.15) is 0 Å². The summed E-state index contributed by atoms with van der Waals surface area (Å²) in [5.41, 5.74) is 5.79. The monoisotopic (exact) mass is 248 g/mol. The molecule has 0 saturated heterocycles. The Morgan fingerprint density at radius 3 is 2.56 bits per heavy atom. The lowest BCUT2D eigenvalue weighted by atomic mass is 9.85. The highest BCUT2D eigenvalue weighted by molar-refractivity contribution is 5.85. The number of hydrogen-bond donors (Lipinski definition) is 2. The summed E-state index contributed by atoms with van der Waals surface area (Å²) in [6.45, 7) is 6.22. The van der Waals surface area contributed by atoms with Gasteiger partial charge in [0.1, 0.15) is 0 Å². The molecule has 2 unspecified atom stereocenters. The van der Waals surface area contributed by atoms with Gasteiger partial charge in [-0.1, -0.05) is 13.3 Å². The number of carbonyl (C=O) groups is 1. The van der Waals surface area contributed by atoms with Crippen LogP contribution in [0.1, 0.15) is 52.9 Å². The van der Waals surface area contributed by atoms with Crippen molar-refractivity contribution in [3.8, 4) is 0 Å². The molecule has 96 valence electrons. The molecule has 1 aliphatic carbocycles. The molecule has 1 saturated carbocycles. The van der Waals surface area contributed by atoms with Crippen LogP contribution in [0.3, 0.4) is 0 Å². The lowest BCUT2D eigenvalue weighted by Crippen LogP contribution is -2.47. The minimum Gasteiger partial charge on any atom is -0.351 e. The standard InChI is InChI=1S/C12H24N2O.ClH/c1-4-12(2,3)14-11(15)9-6-5-7-10(13)8-9;/h9-10H,4-8,13H2,1-3H3,(H,14,15);1H. The van der Waals surface area contributed by atoms with E-state index in [1.807, 2.05) is 0 Å². The van der Waals surface area contributed by atoms with Crippen LogP contribution in [0.15, 0.2) is 0 Å². The number of halogens is 1. The van der Waals surface area contributed by atoms with Gasteiger partial charge in [-0.25, -0.2) is 0 Å². The Morgan fingerprint density at radius 1 is 1.44 bits per heavy atom. The van der Waals surface area contributed by atoms with Crippen molar-refractivity contribution in [3.63, 3.8) is 0 Å². The van der Waals surface area contributed by atoms with Crippen molar-refractivity contribution in [2.75, 3.05) is 0 Å². The van der Waals surface area contributed by atoms with Crippen LogP contribution in [0.25, 0.3) is 0 Å². The summed E-state index contributed by atoms with van der Waals surface area (Å²) in [5.74, 6) is 0.330. The lowest BCUT2D eigenvalue weighted by Gasteiger charge is -2.31. The first-order valence-corrected chi connectivity index (χ1v) is 6.02. The Morgan fingerprint density at radius 2 is 2.06 bits per heavy atom. The maximum absolute atomic E-state index is 12.0. The Hall–Kier alpha value is -0.280. The van der Waals surface area contributed by atoms with E-state index >= 15 is 0 Å². The third kappa shape index (κ3) is 4.71. The van der Waals surface area contributed by atoms with E-state index in [0.29, 0.717) is 0 Å². The second-order valence-electron chi connectivity index (χ2n) is 5.35. The third-order valence-corrected chi connectivity index (χ3v) is 3.43. The molecular formula is C12H25ClN2O. The van der Waals surface area contributed by atoms with Gasteiger partial charge in [-0.05, 0) is 39.5 Å². The molecule has 4 heteroatoms. The number of amides is 1. The Labute approximate surface area is 105 Å². The van der Waals surface area contributed by atoms with E-state index in [-0.39, 0.29) is 35.8 Å². The van der Waals surface area contributed by atoms with E-state index in [9.17, 15) is 4.79 Å². The van der Waals surface area contributed by atoms with Crippen LogP contribution >= 0.6 is 12.4 Å². The number of nitrogens with one attached hydrogen (secondary N) is 1. The molecule has 1 rings (SSSR count). The number of rotatable bonds is 3. The molecule has 3 nitrogen and oxygen atoms in total. The van der Waals surface area contributed by atoms with Crippen LogP contribution < -0.4 is 11.1 Å². The fraction of sp³-hybridized carbons (Fsp3) is 0.917. The zero-order valence-corrected chi connectivity index (χ0v) is 11.4. The zero-order valence-electron chi connectivity index (χ0n) is 10.6. The molecule has 0 spiro atoms.